The number of nitrogens with two attached hydrogens (primary N) is 1. The molecule has 1 nitrogen and oxygen atoms in total. The molecule has 1 aliphatic carbocycles. The highest BCUT2D eigenvalue weighted by molar-refractivity contribution is 5.37. The molecule has 1 saturated carbocycles. The van der Waals surface area contributed by atoms with Gasteiger partial charge < -0.3 is 5.73 Å². The predicted molar refractivity (Wildman–Crippen MR) is 60.2 cm³/mol. The van der Waals surface area contributed by atoms with Crippen molar-refractivity contribution in [1.82, 2.24) is 0 Å². The Morgan fingerprint density at radius 2 is 1.50 bits per heavy atom. The summed E-state index contributed by atoms with van der Waals surface area (Å²) in [5, 5.41) is 0. The van der Waals surface area contributed by atoms with Crippen molar-refractivity contribution in [2.45, 2.75) is 45.1 Å². The second-order valence-electron chi connectivity index (χ2n) is 4.88. The molecule has 0 saturated heterocycles. The minimum Gasteiger partial charge on any atom is -0.321 e. The van der Waals surface area contributed by atoms with Crippen LogP contribution in [0, 0.1) is 25.5 Å². The van der Waals surface area contributed by atoms with Crippen molar-refractivity contribution in [2.24, 2.45) is 5.73 Å². The molecule has 0 radical (unpaired) electrons. The zero-order chi connectivity index (χ0) is 11.9. The maximum Gasteiger partial charge on any atom is 0.134 e. The van der Waals surface area contributed by atoms with Gasteiger partial charge in [0.2, 0.25) is 0 Å². The molecule has 0 heterocycles. The van der Waals surface area contributed by atoms with E-state index in [1.807, 2.05) is 0 Å². The van der Waals surface area contributed by atoms with Crippen LogP contribution >= 0.6 is 0 Å². The van der Waals surface area contributed by atoms with Crippen molar-refractivity contribution in [3.63, 3.8) is 0 Å². The number of hydrogen-bond donors (Lipinski definition) is 1. The fourth-order valence-corrected chi connectivity index (χ4v) is 2.64. The first-order valence-electron chi connectivity index (χ1n) is 5.70. The molecule has 3 heteroatoms. The molecule has 0 spiro atoms. The third-order valence-electron chi connectivity index (χ3n) is 3.56. The van der Waals surface area contributed by atoms with Gasteiger partial charge in [-0.15, -0.1) is 0 Å². The van der Waals surface area contributed by atoms with Gasteiger partial charge in [-0.25, -0.2) is 8.78 Å². The highest BCUT2D eigenvalue weighted by Gasteiger charge is 2.37. The van der Waals surface area contributed by atoms with Gasteiger partial charge in [0.25, 0.3) is 0 Å². The van der Waals surface area contributed by atoms with Gasteiger partial charge in [-0.1, -0.05) is 18.9 Å². The van der Waals surface area contributed by atoms with Gasteiger partial charge >= 0.3 is 0 Å². The molecule has 0 atom stereocenters. The normalized spacial score (nSPS) is 19.1. The van der Waals surface area contributed by atoms with Crippen molar-refractivity contribution in [1.29, 1.82) is 0 Å². The summed E-state index contributed by atoms with van der Waals surface area (Å²) < 4.78 is 28.0. The fraction of sp³-hybridized carbons (Fsp3) is 0.538. The van der Waals surface area contributed by atoms with Crippen LogP contribution in [0.3, 0.4) is 0 Å². The van der Waals surface area contributed by atoms with Gasteiger partial charge in [-0.05, 0) is 37.8 Å². The Morgan fingerprint density at radius 3 is 1.94 bits per heavy atom. The van der Waals surface area contributed by atoms with E-state index in [0.29, 0.717) is 24.0 Å². The van der Waals surface area contributed by atoms with Crippen molar-refractivity contribution in [3.8, 4) is 0 Å². The van der Waals surface area contributed by atoms with Crippen LogP contribution in [0.4, 0.5) is 8.78 Å². The highest BCUT2D eigenvalue weighted by atomic mass is 19.1. The number of benzene rings is 1. The van der Waals surface area contributed by atoms with Crippen LogP contribution < -0.4 is 5.73 Å². The first-order chi connectivity index (χ1) is 7.46. The van der Waals surface area contributed by atoms with E-state index in [0.717, 1.165) is 12.8 Å². The summed E-state index contributed by atoms with van der Waals surface area (Å²) in [6, 6.07) is 1.53. The highest BCUT2D eigenvalue weighted by Crippen LogP contribution is 2.40. The standard InChI is InChI=1S/C13H17F2N/c1-8-7-9(2)12(15)10(11(8)14)13(16)5-3-4-6-13/h7H,3-6,16H2,1-2H3. The van der Waals surface area contributed by atoms with Crippen LogP contribution in [-0.4, -0.2) is 0 Å². The van der Waals surface area contributed by atoms with Crippen molar-refractivity contribution < 1.29 is 8.78 Å². The maximum atomic E-state index is 14.0. The molecular formula is C13H17F2N. The van der Waals surface area contributed by atoms with Crippen LogP contribution in [0.2, 0.25) is 0 Å². The predicted octanol–water partition coefficient (Wildman–Crippen LogP) is 3.31. The average molecular weight is 225 g/mol. The Kier molecular flexibility index (Phi) is 2.74. The quantitative estimate of drug-likeness (QED) is 0.779. The molecule has 0 aliphatic heterocycles. The van der Waals surface area contributed by atoms with Gasteiger partial charge in [-0.3, -0.25) is 0 Å². The van der Waals surface area contributed by atoms with Crippen LogP contribution in [0.15, 0.2) is 6.07 Å². The minimum absolute atomic E-state index is 0.0995. The van der Waals surface area contributed by atoms with Gasteiger partial charge in [0.15, 0.2) is 0 Å². The molecule has 16 heavy (non-hydrogen) atoms. The third-order valence-corrected chi connectivity index (χ3v) is 3.56. The van der Waals surface area contributed by atoms with Crippen LogP contribution in [0.25, 0.3) is 0 Å². The van der Waals surface area contributed by atoms with E-state index in [9.17, 15) is 8.78 Å². The smallest absolute Gasteiger partial charge is 0.134 e. The van der Waals surface area contributed by atoms with Crippen molar-refractivity contribution in [3.05, 3.63) is 34.4 Å². The molecule has 2 N–H and O–H groups in total. The van der Waals surface area contributed by atoms with E-state index < -0.39 is 17.2 Å². The molecule has 88 valence electrons. The molecule has 1 aromatic carbocycles. The van der Waals surface area contributed by atoms with Gasteiger partial charge in [0, 0.05) is 11.1 Å². The van der Waals surface area contributed by atoms with Gasteiger partial charge in [0.1, 0.15) is 11.6 Å². The van der Waals surface area contributed by atoms with Crippen molar-refractivity contribution >= 4 is 0 Å². The molecule has 0 unspecified atom stereocenters. The monoisotopic (exact) mass is 225 g/mol. The summed E-state index contributed by atoms with van der Waals surface area (Å²) in [5.41, 5.74) is 6.39. The summed E-state index contributed by atoms with van der Waals surface area (Å²) in [7, 11) is 0. The second-order valence-corrected chi connectivity index (χ2v) is 4.88. The van der Waals surface area contributed by atoms with E-state index in [-0.39, 0.29) is 5.56 Å². The largest absolute Gasteiger partial charge is 0.321 e. The Bertz CT molecular complexity index is 394. The molecule has 1 aromatic rings. The first-order valence-corrected chi connectivity index (χ1v) is 5.70. The molecular weight excluding hydrogens is 208 g/mol. The lowest BCUT2D eigenvalue weighted by Crippen LogP contribution is -2.36. The average Bonchev–Trinajstić information content (AvgIpc) is 2.63. The maximum absolute atomic E-state index is 14.0. The zero-order valence-corrected chi connectivity index (χ0v) is 9.74. The molecule has 0 aromatic heterocycles. The van der Waals surface area contributed by atoms with Gasteiger partial charge in [-0.2, -0.15) is 0 Å². The Morgan fingerprint density at radius 1 is 1.06 bits per heavy atom. The minimum atomic E-state index is -0.801. The summed E-state index contributed by atoms with van der Waals surface area (Å²) in [4.78, 5) is 0. The van der Waals surface area contributed by atoms with Crippen LogP contribution in [0.5, 0.6) is 0 Å². The number of rotatable bonds is 1. The van der Waals surface area contributed by atoms with E-state index in [1.54, 1.807) is 13.8 Å². The molecule has 1 fully saturated rings. The summed E-state index contributed by atoms with van der Waals surface area (Å²) in [6.45, 7) is 3.31. The first kappa shape index (κ1) is 11.5. The summed E-state index contributed by atoms with van der Waals surface area (Å²) >= 11 is 0. The molecule has 1 aliphatic rings. The van der Waals surface area contributed by atoms with Crippen molar-refractivity contribution in [2.75, 3.05) is 0 Å². The third kappa shape index (κ3) is 1.63. The number of halogens is 2. The van der Waals surface area contributed by atoms with E-state index in [4.69, 9.17) is 5.73 Å². The van der Waals surface area contributed by atoms with Crippen LogP contribution in [0.1, 0.15) is 42.4 Å². The Balaban J connectivity index is 2.63. The topological polar surface area (TPSA) is 26.0 Å². The van der Waals surface area contributed by atoms with E-state index in [2.05, 4.69) is 0 Å². The number of aryl methyl sites for hydroxylation is 2. The lowest BCUT2D eigenvalue weighted by molar-refractivity contribution is 0.401. The lowest BCUT2D eigenvalue weighted by atomic mass is 9.86. The lowest BCUT2D eigenvalue weighted by Gasteiger charge is -2.26. The SMILES string of the molecule is Cc1cc(C)c(F)c(C2(N)CCCC2)c1F. The summed E-state index contributed by atoms with van der Waals surface area (Å²) in [5.74, 6) is -0.931. The van der Waals surface area contributed by atoms with Crippen LogP contribution in [-0.2, 0) is 5.54 Å². The Labute approximate surface area is 94.7 Å². The zero-order valence-electron chi connectivity index (χ0n) is 9.74. The molecule has 0 bridgehead atoms. The molecule has 2 rings (SSSR count). The Hall–Kier alpha value is -0.960. The molecule has 0 amide bonds. The summed E-state index contributed by atoms with van der Waals surface area (Å²) in [6.07, 6.45) is 3.23. The number of hydrogen-bond acceptors (Lipinski definition) is 1. The second kappa shape index (κ2) is 3.81. The van der Waals surface area contributed by atoms with E-state index >= 15 is 0 Å². The fourth-order valence-electron chi connectivity index (χ4n) is 2.64. The van der Waals surface area contributed by atoms with Gasteiger partial charge in [0.05, 0.1) is 0 Å². The van der Waals surface area contributed by atoms with E-state index in [1.165, 1.54) is 6.07 Å².